The summed E-state index contributed by atoms with van der Waals surface area (Å²) in [7, 11) is 3.67. The van der Waals surface area contributed by atoms with E-state index in [1.54, 1.807) is 0 Å². The van der Waals surface area contributed by atoms with Gasteiger partial charge in [0, 0.05) is 6.42 Å². The summed E-state index contributed by atoms with van der Waals surface area (Å²) in [6.07, 6.45) is 29.2. The van der Waals surface area contributed by atoms with Crippen LogP contribution in [0.3, 0.4) is 0 Å². The quantitative estimate of drug-likeness (QED) is 0.104. The molecule has 0 spiro atoms. The molecular weight excluding hydrogens is 436 g/mol. The van der Waals surface area contributed by atoms with Gasteiger partial charge in [0.15, 0.2) is 0 Å². The lowest BCUT2D eigenvalue weighted by Gasteiger charge is -2.30. The molecule has 1 amide bonds. The minimum absolute atomic E-state index is 0.0325. The number of carbonyl (C=O) groups is 2. The van der Waals surface area contributed by atoms with Gasteiger partial charge >= 0.3 is 0 Å². The number of aliphatic carboxylic acids is 1. The first-order chi connectivity index (χ1) is 16.9. The molecule has 0 aromatic carbocycles. The summed E-state index contributed by atoms with van der Waals surface area (Å²) < 4.78 is 0.321. The normalized spacial score (nSPS) is 11.6. The molecule has 0 aromatic heterocycles. The fourth-order valence-electron chi connectivity index (χ4n) is 4.73. The summed E-state index contributed by atoms with van der Waals surface area (Å²) in [6, 6.07) is 0. The molecule has 208 valence electrons. The first kappa shape index (κ1) is 33.9. The Morgan fingerprint density at radius 1 is 0.600 bits per heavy atom. The molecule has 0 atom stereocenters. The number of nitrogens with one attached hydrogen (secondary N) is 1. The second-order valence-corrected chi connectivity index (χ2v) is 11.4. The number of carboxylic acids is 1. The third-order valence-electron chi connectivity index (χ3n) is 7.10. The topological polar surface area (TPSA) is 69.2 Å². The number of hydrogen-bond donors (Lipinski definition) is 1. The molecule has 5 heteroatoms. The summed E-state index contributed by atoms with van der Waals surface area (Å²) in [5.74, 6) is -0.975. The Morgan fingerprint density at radius 2 is 0.943 bits per heavy atom. The van der Waals surface area contributed by atoms with Gasteiger partial charge in [0.2, 0.25) is 5.91 Å². The minimum Gasteiger partial charge on any atom is -0.544 e. The van der Waals surface area contributed by atoms with Gasteiger partial charge in [0.05, 0.1) is 33.2 Å². The van der Waals surface area contributed by atoms with Crippen LogP contribution in [0.15, 0.2) is 0 Å². The third kappa shape index (κ3) is 27.3. The highest BCUT2D eigenvalue weighted by molar-refractivity contribution is 5.75. The molecule has 0 rings (SSSR count). The van der Waals surface area contributed by atoms with E-state index in [0.29, 0.717) is 24.0 Å². The van der Waals surface area contributed by atoms with Gasteiger partial charge in [-0.05, 0) is 6.42 Å². The van der Waals surface area contributed by atoms with Gasteiger partial charge in [-0.3, -0.25) is 4.79 Å². The van der Waals surface area contributed by atoms with Crippen LogP contribution in [0.1, 0.15) is 148 Å². The average molecular weight is 497 g/mol. The molecular formula is C30H60N2O3. The van der Waals surface area contributed by atoms with Gasteiger partial charge in [-0.15, -0.1) is 0 Å². The van der Waals surface area contributed by atoms with Gasteiger partial charge in [-0.2, -0.15) is 0 Å². The molecule has 0 aliphatic rings. The number of quaternary nitrogens is 1. The van der Waals surface area contributed by atoms with Crippen molar-refractivity contribution in [1.29, 1.82) is 0 Å². The standard InChI is InChI=1S/C30H60N2O3/c1-4-5-6-7-8-9-10-11-12-13-14-15-16-17-18-19-20-21-22-23-24-25-29(33)31-26-27-32(2,3)28-30(34)35/h4-28H2,1-3H3,(H-,31,33,34,35). The highest BCUT2D eigenvalue weighted by Crippen LogP contribution is 2.15. The van der Waals surface area contributed by atoms with E-state index in [1.165, 1.54) is 122 Å². The van der Waals surface area contributed by atoms with Gasteiger partial charge < -0.3 is 19.7 Å². The predicted octanol–water partition coefficient (Wildman–Crippen LogP) is 6.53. The van der Waals surface area contributed by atoms with Crippen molar-refractivity contribution in [1.82, 2.24) is 5.32 Å². The van der Waals surface area contributed by atoms with Crippen LogP contribution in [0.4, 0.5) is 0 Å². The van der Waals surface area contributed by atoms with Crippen molar-refractivity contribution in [3.8, 4) is 0 Å². The predicted molar refractivity (Wildman–Crippen MR) is 147 cm³/mol. The Kier molecular flexibility index (Phi) is 23.8. The molecule has 0 bridgehead atoms. The lowest BCUT2D eigenvalue weighted by Crippen LogP contribution is -2.51. The van der Waals surface area contributed by atoms with E-state index in [2.05, 4.69) is 12.2 Å². The summed E-state index contributed by atoms with van der Waals surface area (Å²) in [5.41, 5.74) is 0. The summed E-state index contributed by atoms with van der Waals surface area (Å²) in [4.78, 5) is 22.6. The number of amides is 1. The Hall–Kier alpha value is -1.10. The zero-order valence-electron chi connectivity index (χ0n) is 23.8. The van der Waals surface area contributed by atoms with Crippen LogP contribution in [0, 0.1) is 0 Å². The van der Waals surface area contributed by atoms with E-state index in [-0.39, 0.29) is 12.5 Å². The minimum atomic E-state index is -1.05. The lowest BCUT2D eigenvalue weighted by molar-refractivity contribution is -0.883. The number of carbonyl (C=O) groups excluding carboxylic acids is 2. The second-order valence-electron chi connectivity index (χ2n) is 11.4. The van der Waals surface area contributed by atoms with Gasteiger partial charge in [-0.25, -0.2) is 0 Å². The Morgan fingerprint density at radius 3 is 1.29 bits per heavy atom. The van der Waals surface area contributed by atoms with Crippen molar-refractivity contribution >= 4 is 11.9 Å². The van der Waals surface area contributed by atoms with E-state index in [0.717, 1.165) is 12.8 Å². The van der Waals surface area contributed by atoms with Crippen molar-refractivity contribution < 1.29 is 19.2 Å². The van der Waals surface area contributed by atoms with Crippen molar-refractivity contribution in [3.63, 3.8) is 0 Å². The Labute approximate surface area is 218 Å². The SMILES string of the molecule is CCCCCCCCCCCCCCCCCCCCCCCC(=O)NCC[N+](C)(C)CC(=O)[O-]. The molecule has 1 N–H and O–H groups in total. The van der Waals surface area contributed by atoms with Crippen LogP contribution in [0.2, 0.25) is 0 Å². The van der Waals surface area contributed by atoms with E-state index < -0.39 is 5.97 Å². The molecule has 0 aliphatic carbocycles. The molecule has 0 heterocycles. The molecule has 0 saturated carbocycles. The van der Waals surface area contributed by atoms with E-state index in [9.17, 15) is 14.7 Å². The lowest BCUT2D eigenvalue weighted by atomic mass is 10.0. The number of likely N-dealkylation sites (N-methyl/N-ethyl adjacent to an activating group) is 1. The molecule has 0 fully saturated rings. The van der Waals surface area contributed by atoms with Gasteiger partial charge in [0.25, 0.3) is 0 Å². The van der Waals surface area contributed by atoms with Crippen LogP contribution in [0.25, 0.3) is 0 Å². The molecule has 35 heavy (non-hydrogen) atoms. The third-order valence-corrected chi connectivity index (χ3v) is 7.10. The zero-order chi connectivity index (χ0) is 26.0. The monoisotopic (exact) mass is 496 g/mol. The molecule has 0 unspecified atom stereocenters. The second kappa shape index (κ2) is 24.6. The first-order valence-electron chi connectivity index (χ1n) is 15.2. The number of unbranched alkanes of at least 4 members (excludes halogenated alkanes) is 20. The molecule has 5 nitrogen and oxygen atoms in total. The van der Waals surface area contributed by atoms with E-state index in [4.69, 9.17) is 0 Å². The fraction of sp³-hybridized carbons (Fsp3) is 0.933. The molecule has 0 saturated heterocycles. The highest BCUT2D eigenvalue weighted by atomic mass is 16.4. The van der Waals surface area contributed by atoms with Crippen molar-refractivity contribution in [2.75, 3.05) is 33.7 Å². The van der Waals surface area contributed by atoms with Crippen LogP contribution in [-0.2, 0) is 9.59 Å². The number of rotatable bonds is 27. The largest absolute Gasteiger partial charge is 0.544 e. The van der Waals surface area contributed by atoms with Crippen molar-refractivity contribution in [2.24, 2.45) is 0 Å². The average Bonchev–Trinajstić information content (AvgIpc) is 2.79. The summed E-state index contributed by atoms with van der Waals surface area (Å²) in [6.45, 7) is 3.36. The smallest absolute Gasteiger partial charge is 0.220 e. The summed E-state index contributed by atoms with van der Waals surface area (Å²) in [5, 5.41) is 13.6. The summed E-state index contributed by atoms with van der Waals surface area (Å²) >= 11 is 0. The van der Waals surface area contributed by atoms with Crippen LogP contribution < -0.4 is 10.4 Å². The number of hydrogen-bond acceptors (Lipinski definition) is 3. The van der Waals surface area contributed by atoms with Crippen LogP contribution >= 0.6 is 0 Å². The van der Waals surface area contributed by atoms with Crippen LogP contribution in [0.5, 0.6) is 0 Å². The maximum atomic E-state index is 11.9. The van der Waals surface area contributed by atoms with Crippen molar-refractivity contribution in [2.45, 2.75) is 148 Å². The Bertz CT molecular complexity index is 494. The fourth-order valence-corrected chi connectivity index (χ4v) is 4.73. The Balaban J connectivity index is 3.24. The van der Waals surface area contributed by atoms with Crippen LogP contribution in [-0.4, -0.2) is 50.1 Å². The number of carboxylic acid groups (broad SMARTS) is 1. The van der Waals surface area contributed by atoms with E-state index in [1.807, 2.05) is 14.1 Å². The van der Waals surface area contributed by atoms with Gasteiger partial charge in [-0.1, -0.05) is 135 Å². The molecule has 0 aromatic rings. The highest BCUT2D eigenvalue weighted by Gasteiger charge is 2.15. The van der Waals surface area contributed by atoms with Gasteiger partial charge in [0.1, 0.15) is 6.54 Å². The zero-order valence-corrected chi connectivity index (χ0v) is 23.8. The maximum absolute atomic E-state index is 11.9. The maximum Gasteiger partial charge on any atom is 0.220 e. The van der Waals surface area contributed by atoms with Crippen molar-refractivity contribution in [3.05, 3.63) is 0 Å². The molecule has 0 aliphatic heterocycles. The number of nitrogens with zero attached hydrogens (tertiary/aromatic N) is 1. The first-order valence-corrected chi connectivity index (χ1v) is 15.2. The van der Waals surface area contributed by atoms with E-state index >= 15 is 0 Å². The molecule has 0 radical (unpaired) electrons.